The van der Waals surface area contributed by atoms with E-state index in [0.29, 0.717) is 11.3 Å². The topological polar surface area (TPSA) is 84.1 Å². The SMILES string of the molecule is Cc1csc(-c2cc(C(=O)N(C)CC(O)c3ccccc3)cc(-n3cnnn3)c2)c1. The number of tetrazole rings is 1. The maximum atomic E-state index is 13.2. The van der Waals surface area contributed by atoms with Crippen molar-refractivity contribution in [3.8, 4) is 16.1 Å². The van der Waals surface area contributed by atoms with E-state index in [1.54, 1.807) is 24.5 Å². The molecule has 0 fully saturated rings. The molecular weight excluding hydrogens is 398 g/mol. The first kappa shape index (κ1) is 19.9. The molecular formula is C22H21N5O2S. The van der Waals surface area contributed by atoms with E-state index in [2.05, 4.69) is 27.0 Å². The molecule has 0 saturated carbocycles. The molecule has 2 aromatic heterocycles. The van der Waals surface area contributed by atoms with E-state index in [1.807, 2.05) is 49.4 Å². The summed E-state index contributed by atoms with van der Waals surface area (Å²) in [5.74, 6) is -0.186. The van der Waals surface area contributed by atoms with Crippen LogP contribution in [0.25, 0.3) is 16.1 Å². The van der Waals surface area contributed by atoms with Crippen LogP contribution in [0.15, 0.2) is 66.3 Å². The van der Waals surface area contributed by atoms with E-state index in [1.165, 1.54) is 21.5 Å². The number of amides is 1. The number of aliphatic hydroxyl groups excluding tert-OH is 1. The molecule has 0 bridgehead atoms. The predicted octanol–water partition coefficient (Wildman–Crippen LogP) is 3.50. The Labute approximate surface area is 178 Å². The van der Waals surface area contributed by atoms with Crippen molar-refractivity contribution in [1.29, 1.82) is 0 Å². The van der Waals surface area contributed by atoms with E-state index in [-0.39, 0.29) is 12.5 Å². The van der Waals surface area contributed by atoms with Crippen molar-refractivity contribution in [2.45, 2.75) is 13.0 Å². The number of nitrogens with zero attached hydrogens (tertiary/aromatic N) is 5. The summed E-state index contributed by atoms with van der Waals surface area (Å²) in [7, 11) is 1.69. The van der Waals surface area contributed by atoms with Crippen LogP contribution in [0.3, 0.4) is 0 Å². The minimum absolute atomic E-state index is 0.186. The third-order valence-electron chi connectivity index (χ3n) is 4.77. The molecule has 0 radical (unpaired) electrons. The molecule has 2 heterocycles. The molecule has 0 aliphatic rings. The first-order chi connectivity index (χ1) is 14.5. The van der Waals surface area contributed by atoms with Crippen molar-refractivity contribution in [1.82, 2.24) is 25.1 Å². The van der Waals surface area contributed by atoms with Gasteiger partial charge in [0, 0.05) is 17.5 Å². The van der Waals surface area contributed by atoms with Gasteiger partial charge in [-0.1, -0.05) is 30.3 Å². The maximum absolute atomic E-state index is 13.2. The highest BCUT2D eigenvalue weighted by Crippen LogP contribution is 2.30. The van der Waals surface area contributed by atoms with Gasteiger partial charge >= 0.3 is 0 Å². The van der Waals surface area contributed by atoms with Gasteiger partial charge in [-0.25, -0.2) is 4.68 Å². The fourth-order valence-corrected chi connectivity index (χ4v) is 4.10. The minimum atomic E-state index is -0.762. The third kappa shape index (κ3) is 4.29. The molecule has 8 heteroatoms. The number of likely N-dealkylation sites (N-methyl/N-ethyl adjacent to an activating group) is 1. The minimum Gasteiger partial charge on any atom is -0.387 e. The Bertz CT molecular complexity index is 1140. The van der Waals surface area contributed by atoms with Crippen molar-refractivity contribution < 1.29 is 9.90 Å². The Hall–Kier alpha value is -3.36. The standard InChI is InChI=1S/C22H21N5O2S/c1-15-8-21(30-13-15)17-9-18(11-19(10-17)27-14-23-24-25-27)22(29)26(2)12-20(28)16-6-4-3-5-7-16/h3-11,13-14,20,28H,12H2,1-2H3. The second-order valence-electron chi connectivity index (χ2n) is 7.12. The third-order valence-corrected chi connectivity index (χ3v) is 5.87. The number of thiophene rings is 1. The number of benzene rings is 2. The average Bonchev–Trinajstić information content (AvgIpc) is 3.45. The fourth-order valence-electron chi connectivity index (χ4n) is 3.21. The predicted molar refractivity (Wildman–Crippen MR) is 116 cm³/mol. The Morgan fingerprint density at radius 3 is 2.67 bits per heavy atom. The second-order valence-corrected chi connectivity index (χ2v) is 8.03. The highest BCUT2D eigenvalue weighted by atomic mass is 32.1. The number of aryl methyl sites for hydroxylation is 1. The molecule has 1 unspecified atom stereocenters. The summed E-state index contributed by atoms with van der Waals surface area (Å²) in [6.45, 7) is 2.22. The van der Waals surface area contributed by atoms with Crippen molar-refractivity contribution in [2.75, 3.05) is 13.6 Å². The highest BCUT2D eigenvalue weighted by Gasteiger charge is 2.19. The molecule has 2 aromatic carbocycles. The summed E-state index contributed by atoms with van der Waals surface area (Å²) in [5.41, 5.74) is 4.06. The Morgan fingerprint density at radius 2 is 2.00 bits per heavy atom. The van der Waals surface area contributed by atoms with E-state index in [4.69, 9.17) is 0 Å². The van der Waals surface area contributed by atoms with Crippen molar-refractivity contribution in [3.63, 3.8) is 0 Å². The van der Waals surface area contributed by atoms with Crippen molar-refractivity contribution >= 4 is 17.2 Å². The average molecular weight is 420 g/mol. The first-order valence-electron chi connectivity index (χ1n) is 9.43. The van der Waals surface area contributed by atoms with Gasteiger partial charge in [0.2, 0.25) is 0 Å². The number of rotatable bonds is 6. The number of aromatic nitrogens is 4. The van der Waals surface area contributed by atoms with Crippen LogP contribution in [0.1, 0.15) is 27.6 Å². The number of carbonyl (C=O) groups excluding carboxylic acids is 1. The molecule has 1 amide bonds. The number of aliphatic hydroxyl groups is 1. The number of hydrogen-bond acceptors (Lipinski definition) is 6. The molecule has 7 nitrogen and oxygen atoms in total. The second kappa shape index (κ2) is 8.56. The molecule has 30 heavy (non-hydrogen) atoms. The zero-order chi connectivity index (χ0) is 21.1. The maximum Gasteiger partial charge on any atom is 0.253 e. The van der Waals surface area contributed by atoms with Crippen LogP contribution in [-0.4, -0.2) is 49.7 Å². The first-order valence-corrected chi connectivity index (χ1v) is 10.3. The lowest BCUT2D eigenvalue weighted by Gasteiger charge is -2.22. The van der Waals surface area contributed by atoms with Crippen molar-refractivity contribution in [3.05, 3.63) is 83.0 Å². The summed E-state index contributed by atoms with van der Waals surface area (Å²) in [5, 5.41) is 23.9. The van der Waals surface area contributed by atoms with Gasteiger partial charge in [-0.15, -0.1) is 16.4 Å². The highest BCUT2D eigenvalue weighted by molar-refractivity contribution is 7.13. The molecule has 4 aromatic rings. The smallest absolute Gasteiger partial charge is 0.253 e. The Balaban J connectivity index is 1.65. The largest absolute Gasteiger partial charge is 0.387 e. The lowest BCUT2D eigenvalue weighted by Crippen LogP contribution is -2.31. The fraction of sp³-hybridized carbons (Fsp3) is 0.182. The van der Waals surface area contributed by atoms with Gasteiger partial charge in [0.05, 0.1) is 18.3 Å². The van der Waals surface area contributed by atoms with E-state index < -0.39 is 6.10 Å². The zero-order valence-electron chi connectivity index (χ0n) is 16.6. The lowest BCUT2D eigenvalue weighted by molar-refractivity contribution is 0.0681. The van der Waals surface area contributed by atoms with Crippen LogP contribution in [0.5, 0.6) is 0 Å². The van der Waals surface area contributed by atoms with E-state index >= 15 is 0 Å². The summed E-state index contributed by atoms with van der Waals surface area (Å²) >= 11 is 1.62. The number of carbonyl (C=O) groups is 1. The van der Waals surface area contributed by atoms with E-state index in [0.717, 1.165) is 16.0 Å². The summed E-state index contributed by atoms with van der Waals surface area (Å²) in [6, 6.07) is 17.0. The summed E-state index contributed by atoms with van der Waals surface area (Å²) < 4.78 is 1.53. The van der Waals surface area contributed by atoms with Crippen LogP contribution in [0, 0.1) is 6.92 Å². The zero-order valence-corrected chi connectivity index (χ0v) is 17.5. The Kier molecular flexibility index (Phi) is 5.69. The molecule has 4 rings (SSSR count). The van der Waals surface area contributed by atoms with Gasteiger partial charge in [-0.2, -0.15) is 0 Å². The summed E-state index contributed by atoms with van der Waals surface area (Å²) in [4.78, 5) is 15.8. The van der Waals surface area contributed by atoms with Gasteiger partial charge in [-0.3, -0.25) is 4.79 Å². The molecule has 0 spiro atoms. The van der Waals surface area contributed by atoms with Crippen molar-refractivity contribution in [2.24, 2.45) is 0 Å². The monoisotopic (exact) mass is 419 g/mol. The van der Waals surface area contributed by atoms with Gasteiger partial charge in [0.1, 0.15) is 6.33 Å². The molecule has 152 valence electrons. The van der Waals surface area contributed by atoms with Crippen LogP contribution in [-0.2, 0) is 0 Å². The molecule has 1 N–H and O–H groups in total. The van der Waals surface area contributed by atoms with Gasteiger partial charge < -0.3 is 10.0 Å². The van der Waals surface area contributed by atoms with E-state index in [9.17, 15) is 9.90 Å². The van der Waals surface area contributed by atoms with Crippen LogP contribution in [0.4, 0.5) is 0 Å². The van der Waals surface area contributed by atoms with Crippen LogP contribution in [0.2, 0.25) is 0 Å². The Morgan fingerprint density at radius 1 is 1.20 bits per heavy atom. The van der Waals surface area contributed by atoms with Gasteiger partial charge in [0.15, 0.2) is 0 Å². The number of hydrogen-bond donors (Lipinski definition) is 1. The molecule has 0 saturated heterocycles. The van der Waals surface area contributed by atoms with Crippen LogP contribution >= 0.6 is 11.3 Å². The molecule has 0 aliphatic carbocycles. The lowest BCUT2D eigenvalue weighted by atomic mass is 10.1. The molecule has 0 aliphatic heterocycles. The molecule has 1 atom stereocenters. The summed E-state index contributed by atoms with van der Waals surface area (Å²) in [6.07, 6.45) is 0.734. The van der Waals surface area contributed by atoms with Crippen LogP contribution < -0.4 is 0 Å². The quantitative estimate of drug-likeness (QED) is 0.517. The normalized spacial score (nSPS) is 12.0. The van der Waals surface area contributed by atoms with Gasteiger partial charge in [0.25, 0.3) is 5.91 Å². The van der Waals surface area contributed by atoms with Gasteiger partial charge in [-0.05, 0) is 63.7 Å².